The number of amides is 1. The van der Waals surface area contributed by atoms with Crippen molar-refractivity contribution in [3.8, 4) is 5.75 Å². The van der Waals surface area contributed by atoms with E-state index >= 15 is 0 Å². The minimum absolute atomic E-state index is 0.0357. The Labute approximate surface area is 98.7 Å². The van der Waals surface area contributed by atoms with E-state index < -0.39 is 0 Å². The van der Waals surface area contributed by atoms with E-state index in [-0.39, 0.29) is 11.7 Å². The van der Waals surface area contributed by atoms with E-state index in [1.54, 1.807) is 36.0 Å². The Morgan fingerprint density at radius 3 is 2.71 bits per heavy atom. The molecule has 0 saturated heterocycles. The number of rotatable bonds is 2. The molecule has 0 atom stereocenters. The summed E-state index contributed by atoms with van der Waals surface area (Å²) in [4.78, 5) is 11.8. The van der Waals surface area contributed by atoms with Gasteiger partial charge in [-0.1, -0.05) is 12.1 Å². The van der Waals surface area contributed by atoms with Gasteiger partial charge in [0.1, 0.15) is 5.75 Å². The molecular formula is C12H13N3O2. The number of aryl methyl sites for hydroxylation is 2. The topological polar surface area (TPSA) is 67.2 Å². The van der Waals surface area contributed by atoms with Crippen LogP contribution in [0.1, 0.15) is 16.2 Å². The van der Waals surface area contributed by atoms with Gasteiger partial charge in [0.15, 0.2) is 5.69 Å². The molecule has 0 aliphatic carbocycles. The molecule has 0 radical (unpaired) electrons. The van der Waals surface area contributed by atoms with Gasteiger partial charge in [-0.25, -0.2) is 0 Å². The fourth-order valence-corrected chi connectivity index (χ4v) is 1.44. The highest BCUT2D eigenvalue weighted by Gasteiger charge is 2.12. The van der Waals surface area contributed by atoms with Crippen molar-refractivity contribution >= 4 is 11.6 Å². The summed E-state index contributed by atoms with van der Waals surface area (Å²) in [7, 11) is 1.77. The number of phenols is 1. The summed E-state index contributed by atoms with van der Waals surface area (Å²) in [6.07, 6.45) is 0. The van der Waals surface area contributed by atoms with Crippen molar-refractivity contribution in [2.24, 2.45) is 7.05 Å². The fourth-order valence-electron chi connectivity index (χ4n) is 1.44. The first kappa shape index (κ1) is 11.2. The first-order valence-corrected chi connectivity index (χ1v) is 5.18. The summed E-state index contributed by atoms with van der Waals surface area (Å²) in [5.74, 6) is -0.302. The zero-order valence-electron chi connectivity index (χ0n) is 9.64. The predicted molar refractivity (Wildman–Crippen MR) is 64.0 cm³/mol. The van der Waals surface area contributed by atoms with Crippen LogP contribution in [-0.2, 0) is 7.05 Å². The average molecular weight is 231 g/mol. The number of aromatic hydroxyl groups is 1. The smallest absolute Gasteiger partial charge is 0.276 e. The predicted octanol–water partition coefficient (Wildman–Crippen LogP) is 1.69. The first-order chi connectivity index (χ1) is 8.08. The van der Waals surface area contributed by atoms with Gasteiger partial charge in [0, 0.05) is 12.7 Å². The molecule has 0 spiro atoms. The van der Waals surface area contributed by atoms with Crippen LogP contribution in [0.25, 0.3) is 0 Å². The van der Waals surface area contributed by atoms with Crippen LogP contribution in [0.15, 0.2) is 30.3 Å². The number of hydrogen-bond donors (Lipinski definition) is 2. The van der Waals surface area contributed by atoms with Crippen LogP contribution < -0.4 is 5.32 Å². The number of phenolic OH excluding ortho intramolecular Hbond substituents is 1. The molecule has 0 bridgehead atoms. The second-order valence-electron chi connectivity index (χ2n) is 3.77. The van der Waals surface area contributed by atoms with Gasteiger partial charge in [-0.05, 0) is 25.1 Å². The third-order valence-electron chi connectivity index (χ3n) is 2.50. The molecule has 2 N–H and O–H groups in total. The number of anilines is 1. The zero-order valence-corrected chi connectivity index (χ0v) is 9.64. The summed E-state index contributed by atoms with van der Waals surface area (Å²) >= 11 is 0. The molecule has 88 valence electrons. The lowest BCUT2D eigenvalue weighted by Gasteiger charge is -2.04. The monoisotopic (exact) mass is 231 g/mol. The van der Waals surface area contributed by atoms with Crippen LogP contribution >= 0.6 is 0 Å². The molecule has 5 heteroatoms. The molecule has 0 fully saturated rings. The van der Waals surface area contributed by atoms with Crippen LogP contribution in [0, 0.1) is 6.92 Å². The molecule has 0 aliphatic heterocycles. The number of carbonyl (C=O) groups is 1. The van der Waals surface area contributed by atoms with Crippen LogP contribution in [0.3, 0.4) is 0 Å². The van der Waals surface area contributed by atoms with E-state index in [4.69, 9.17) is 0 Å². The van der Waals surface area contributed by atoms with Crippen LogP contribution in [0.2, 0.25) is 0 Å². The van der Waals surface area contributed by atoms with Gasteiger partial charge in [-0.15, -0.1) is 0 Å². The lowest BCUT2D eigenvalue weighted by molar-refractivity contribution is 0.102. The Morgan fingerprint density at radius 2 is 2.12 bits per heavy atom. The standard InChI is InChI=1S/C12H13N3O2/c1-8-7-10(14-15(8)2)12(17)13-9-5-3-4-6-11(9)16/h3-7,16H,1-2H3,(H,13,17). The Bertz CT molecular complexity index is 541. The Balaban J connectivity index is 2.20. The van der Waals surface area contributed by atoms with Crippen molar-refractivity contribution < 1.29 is 9.90 Å². The highest BCUT2D eigenvalue weighted by molar-refractivity contribution is 6.03. The molecule has 17 heavy (non-hydrogen) atoms. The fraction of sp³-hybridized carbons (Fsp3) is 0.167. The highest BCUT2D eigenvalue weighted by atomic mass is 16.3. The summed E-state index contributed by atoms with van der Waals surface area (Å²) in [5, 5.41) is 16.2. The van der Waals surface area contributed by atoms with Gasteiger partial charge in [0.05, 0.1) is 5.69 Å². The molecule has 0 unspecified atom stereocenters. The normalized spacial score (nSPS) is 10.2. The average Bonchev–Trinajstić information content (AvgIpc) is 2.63. The SMILES string of the molecule is Cc1cc(C(=O)Nc2ccccc2O)nn1C. The molecule has 5 nitrogen and oxygen atoms in total. The molecule has 0 saturated carbocycles. The van der Waals surface area contributed by atoms with E-state index in [9.17, 15) is 9.90 Å². The van der Waals surface area contributed by atoms with Gasteiger partial charge >= 0.3 is 0 Å². The Kier molecular flexibility index (Phi) is 2.82. The van der Waals surface area contributed by atoms with Gasteiger partial charge in [0.25, 0.3) is 5.91 Å². The number of benzene rings is 1. The van der Waals surface area contributed by atoms with Crippen molar-refractivity contribution in [1.29, 1.82) is 0 Å². The second-order valence-corrected chi connectivity index (χ2v) is 3.77. The molecule has 0 aliphatic rings. The van der Waals surface area contributed by atoms with E-state index in [0.717, 1.165) is 5.69 Å². The summed E-state index contributed by atoms with van der Waals surface area (Å²) < 4.78 is 1.62. The molecule has 1 amide bonds. The molecule has 2 rings (SSSR count). The summed E-state index contributed by atoms with van der Waals surface area (Å²) in [6.45, 7) is 1.86. The van der Waals surface area contributed by atoms with E-state index in [0.29, 0.717) is 11.4 Å². The van der Waals surface area contributed by atoms with Crippen molar-refractivity contribution in [1.82, 2.24) is 9.78 Å². The number of nitrogens with one attached hydrogen (secondary N) is 1. The zero-order chi connectivity index (χ0) is 12.4. The molecular weight excluding hydrogens is 218 g/mol. The quantitative estimate of drug-likeness (QED) is 0.773. The highest BCUT2D eigenvalue weighted by Crippen LogP contribution is 2.22. The van der Waals surface area contributed by atoms with Gasteiger partial charge < -0.3 is 10.4 Å². The molecule has 2 aromatic rings. The van der Waals surface area contributed by atoms with Gasteiger partial charge in [0.2, 0.25) is 0 Å². The summed E-state index contributed by atoms with van der Waals surface area (Å²) in [5.41, 5.74) is 1.60. The Hall–Kier alpha value is -2.30. The van der Waals surface area contributed by atoms with Crippen LogP contribution in [-0.4, -0.2) is 20.8 Å². The first-order valence-electron chi connectivity index (χ1n) is 5.18. The number of hydrogen-bond acceptors (Lipinski definition) is 3. The molecule has 1 heterocycles. The maximum atomic E-state index is 11.8. The van der Waals surface area contributed by atoms with E-state index in [2.05, 4.69) is 10.4 Å². The number of carbonyl (C=O) groups excluding carboxylic acids is 1. The second kappa shape index (κ2) is 4.29. The van der Waals surface area contributed by atoms with Gasteiger partial charge in [-0.2, -0.15) is 5.10 Å². The molecule has 1 aromatic heterocycles. The number of para-hydroxylation sites is 2. The van der Waals surface area contributed by atoms with Crippen LogP contribution in [0.5, 0.6) is 5.75 Å². The Morgan fingerprint density at radius 1 is 1.41 bits per heavy atom. The van der Waals surface area contributed by atoms with Crippen molar-refractivity contribution in [3.05, 3.63) is 41.7 Å². The largest absolute Gasteiger partial charge is 0.506 e. The lowest BCUT2D eigenvalue weighted by atomic mass is 10.3. The third-order valence-corrected chi connectivity index (χ3v) is 2.50. The number of nitrogens with zero attached hydrogens (tertiary/aromatic N) is 2. The minimum atomic E-state index is -0.338. The third kappa shape index (κ3) is 2.28. The van der Waals surface area contributed by atoms with E-state index in [1.165, 1.54) is 6.07 Å². The van der Waals surface area contributed by atoms with E-state index in [1.807, 2.05) is 6.92 Å². The summed E-state index contributed by atoms with van der Waals surface area (Å²) in [6, 6.07) is 8.26. The van der Waals surface area contributed by atoms with Crippen molar-refractivity contribution in [2.45, 2.75) is 6.92 Å². The minimum Gasteiger partial charge on any atom is -0.506 e. The van der Waals surface area contributed by atoms with Crippen molar-refractivity contribution in [3.63, 3.8) is 0 Å². The maximum Gasteiger partial charge on any atom is 0.276 e. The number of aromatic nitrogens is 2. The molecule has 1 aromatic carbocycles. The lowest BCUT2D eigenvalue weighted by Crippen LogP contribution is -2.13. The van der Waals surface area contributed by atoms with Gasteiger partial charge in [-0.3, -0.25) is 9.48 Å². The van der Waals surface area contributed by atoms with Crippen LogP contribution in [0.4, 0.5) is 5.69 Å². The maximum absolute atomic E-state index is 11.8. The van der Waals surface area contributed by atoms with Crippen molar-refractivity contribution in [2.75, 3.05) is 5.32 Å².